The molecule has 6 nitrogen and oxygen atoms in total. The lowest BCUT2D eigenvalue weighted by Crippen LogP contribution is -2.44. The summed E-state index contributed by atoms with van der Waals surface area (Å²) < 4.78 is 5.12. The maximum Gasteiger partial charge on any atom is 0.321 e. The van der Waals surface area contributed by atoms with E-state index >= 15 is 0 Å². The fourth-order valence-corrected chi connectivity index (χ4v) is 3.12. The highest BCUT2D eigenvalue weighted by Crippen LogP contribution is 2.34. The molecule has 0 fully saturated rings. The molecule has 0 aliphatic heterocycles. The van der Waals surface area contributed by atoms with Crippen molar-refractivity contribution in [3.8, 4) is 0 Å². The normalized spacial score (nSPS) is 16.0. The number of fused-ring (bicyclic) bond motifs is 1. The minimum absolute atomic E-state index is 0.174. The van der Waals surface area contributed by atoms with Crippen molar-refractivity contribution in [2.75, 3.05) is 13.6 Å². The highest BCUT2D eigenvalue weighted by molar-refractivity contribution is 5.95. The molecule has 126 valence electrons. The second-order valence-electron chi connectivity index (χ2n) is 5.98. The first-order chi connectivity index (χ1) is 11.6. The summed E-state index contributed by atoms with van der Waals surface area (Å²) in [7, 11) is 1.91. The van der Waals surface area contributed by atoms with E-state index in [4.69, 9.17) is 4.42 Å². The molecule has 2 N–H and O–H groups in total. The summed E-state index contributed by atoms with van der Waals surface area (Å²) in [6.07, 6.45) is 3.55. The Hall–Kier alpha value is -2.60. The molecule has 24 heavy (non-hydrogen) atoms. The van der Waals surface area contributed by atoms with Crippen molar-refractivity contribution in [2.45, 2.75) is 25.4 Å². The highest BCUT2D eigenvalue weighted by atomic mass is 16.3. The third-order valence-corrected chi connectivity index (χ3v) is 4.28. The number of imide groups is 1. The van der Waals surface area contributed by atoms with Crippen LogP contribution in [0.25, 0.3) is 0 Å². The lowest BCUT2D eigenvalue weighted by molar-refractivity contribution is -0.121. The van der Waals surface area contributed by atoms with Gasteiger partial charge >= 0.3 is 6.03 Å². The number of aryl methyl sites for hydroxylation is 1. The van der Waals surface area contributed by atoms with Crippen molar-refractivity contribution >= 4 is 11.9 Å². The van der Waals surface area contributed by atoms with Crippen LogP contribution < -0.4 is 10.6 Å². The Bertz CT molecular complexity index is 712. The maximum absolute atomic E-state index is 12.1. The van der Waals surface area contributed by atoms with E-state index in [2.05, 4.69) is 22.8 Å². The monoisotopic (exact) mass is 327 g/mol. The summed E-state index contributed by atoms with van der Waals surface area (Å²) in [6, 6.07) is 11.5. The second kappa shape index (κ2) is 7.31. The fourth-order valence-electron chi connectivity index (χ4n) is 3.12. The van der Waals surface area contributed by atoms with E-state index in [-0.39, 0.29) is 25.0 Å². The Balaban J connectivity index is 1.47. The van der Waals surface area contributed by atoms with E-state index in [1.54, 1.807) is 12.1 Å². The summed E-state index contributed by atoms with van der Waals surface area (Å²) in [4.78, 5) is 25.8. The minimum atomic E-state index is -0.517. The van der Waals surface area contributed by atoms with Crippen LogP contribution in [0.1, 0.15) is 29.3 Å². The summed E-state index contributed by atoms with van der Waals surface area (Å²) >= 11 is 0. The average Bonchev–Trinajstić information content (AvgIpc) is 3.22. The molecule has 0 bridgehead atoms. The van der Waals surface area contributed by atoms with Crippen LogP contribution in [0.2, 0.25) is 0 Å². The smallest absolute Gasteiger partial charge is 0.321 e. The molecule has 0 saturated carbocycles. The number of benzene rings is 1. The van der Waals surface area contributed by atoms with Gasteiger partial charge in [-0.3, -0.25) is 15.0 Å². The number of amides is 3. The number of carbonyl (C=O) groups excluding carboxylic acids is 2. The van der Waals surface area contributed by atoms with E-state index in [0.29, 0.717) is 5.76 Å². The summed E-state index contributed by atoms with van der Waals surface area (Å²) in [5.41, 5.74) is 2.61. The molecule has 1 aromatic heterocycles. The summed E-state index contributed by atoms with van der Waals surface area (Å²) in [5, 5.41) is 4.94. The predicted molar refractivity (Wildman–Crippen MR) is 89.2 cm³/mol. The number of nitrogens with zero attached hydrogens (tertiary/aromatic N) is 1. The van der Waals surface area contributed by atoms with Crippen LogP contribution >= 0.6 is 0 Å². The number of nitrogens with one attached hydrogen (secondary N) is 2. The first-order valence-corrected chi connectivity index (χ1v) is 8.01. The van der Waals surface area contributed by atoms with Gasteiger partial charge in [0.15, 0.2) is 0 Å². The zero-order chi connectivity index (χ0) is 16.9. The lowest BCUT2D eigenvalue weighted by Gasteiger charge is -2.24. The summed E-state index contributed by atoms with van der Waals surface area (Å²) in [5.74, 6) is 0.316. The molecule has 0 spiro atoms. The second-order valence-corrected chi connectivity index (χ2v) is 5.98. The molecule has 0 radical (unpaired) electrons. The molecule has 1 heterocycles. The van der Waals surface area contributed by atoms with Gasteiger partial charge in [-0.1, -0.05) is 24.3 Å². The Morgan fingerprint density at radius 1 is 1.25 bits per heavy atom. The van der Waals surface area contributed by atoms with Gasteiger partial charge in [0, 0.05) is 6.04 Å². The van der Waals surface area contributed by atoms with Crippen molar-refractivity contribution in [1.82, 2.24) is 15.5 Å². The SMILES string of the molecule is CN(CC(=O)NC(=O)NCc1ccco1)C1CCc2ccccc21. The zero-order valence-corrected chi connectivity index (χ0v) is 13.6. The van der Waals surface area contributed by atoms with Crippen molar-refractivity contribution in [3.63, 3.8) is 0 Å². The molecule has 1 unspecified atom stereocenters. The first kappa shape index (κ1) is 16.3. The van der Waals surface area contributed by atoms with Gasteiger partial charge in [-0.15, -0.1) is 0 Å². The number of carbonyl (C=O) groups is 2. The van der Waals surface area contributed by atoms with E-state index < -0.39 is 6.03 Å². The Labute approximate surface area is 140 Å². The van der Waals surface area contributed by atoms with Crippen molar-refractivity contribution < 1.29 is 14.0 Å². The Morgan fingerprint density at radius 2 is 2.08 bits per heavy atom. The third kappa shape index (κ3) is 3.83. The number of urea groups is 1. The molecule has 1 atom stereocenters. The molecule has 0 saturated heterocycles. The van der Waals surface area contributed by atoms with Crippen LogP contribution in [0.3, 0.4) is 0 Å². The molecule has 1 aliphatic rings. The van der Waals surface area contributed by atoms with Crippen molar-refractivity contribution in [3.05, 3.63) is 59.5 Å². The third-order valence-electron chi connectivity index (χ3n) is 4.28. The van der Waals surface area contributed by atoms with E-state index in [0.717, 1.165) is 12.8 Å². The lowest BCUT2D eigenvalue weighted by atomic mass is 10.1. The molecule has 3 amide bonds. The number of hydrogen-bond donors (Lipinski definition) is 2. The highest BCUT2D eigenvalue weighted by Gasteiger charge is 2.26. The summed E-state index contributed by atoms with van der Waals surface area (Å²) in [6.45, 7) is 0.422. The quantitative estimate of drug-likeness (QED) is 0.883. The van der Waals surface area contributed by atoms with Crippen molar-refractivity contribution in [2.24, 2.45) is 0 Å². The molecule has 3 rings (SSSR count). The first-order valence-electron chi connectivity index (χ1n) is 8.01. The molecular weight excluding hydrogens is 306 g/mol. The van der Waals surface area contributed by atoms with Gasteiger partial charge in [-0.25, -0.2) is 4.79 Å². The molecule has 1 aliphatic carbocycles. The Kier molecular flexibility index (Phi) is 4.96. The molecular formula is C18H21N3O3. The Morgan fingerprint density at radius 3 is 2.88 bits per heavy atom. The van der Waals surface area contributed by atoms with Gasteiger partial charge in [0.25, 0.3) is 0 Å². The van der Waals surface area contributed by atoms with E-state index in [9.17, 15) is 9.59 Å². The molecule has 6 heteroatoms. The standard InChI is InChI=1S/C18H21N3O3/c1-21(16-9-8-13-5-2-3-7-15(13)16)12-17(22)20-18(23)19-11-14-6-4-10-24-14/h2-7,10,16H,8-9,11-12H2,1H3,(H2,19,20,22,23). The molecule has 2 aromatic rings. The average molecular weight is 327 g/mol. The van der Waals surface area contributed by atoms with Gasteiger partial charge < -0.3 is 9.73 Å². The number of hydrogen-bond acceptors (Lipinski definition) is 4. The number of furan rings is 1. The molecule has 1 aromatic carbocycles. The van der Waals surface area contributed by atoms with Crippen LogP contribution in [-0.2, 0) is 17.8 Å². The predicted octanol–water partition coefficient (Wildman–Crippen LogP) is 2.22. The van der Waals surface area contributed by atoms with Crippen LogP contribution in [0.5, 0.6) is 0 Å². The maximum atomic E-state index is 12.1. The van der Waals surface area contributed by atoms with Gasteiger partial charge in [0.05, 0.1) is 19.4 Å². The van der Waals surface area contributed by atoms with Gasteiger partial charge in [-0.05, 0) is 43.1 Å². The largest absolute Gasteiger partial charge is 0.467 e. The topological polar surface area (TPSA) is 74.6 Å². The number of rotatable bonds is 5. The van der Waals surface area contributed by atoms with Gasteiger partial charge in [-0.2, -0.15) is 0 Å². The minimum Gasteiger partial charge on any atom is -0.467 e. The van der Waals surface area contributed by atoms with Crippen LogP contribution in [-0.4, -0.2) is 30.4 Å². The van der Waals surface area contributed by atoms with E-state index in [1.807, 2.05) is 24.1 Å². The van der Waals surface area contributed by atoms with Crippen LogP contribution in [0.4, 0.5) is 4.79 Å². The van der Waals surface area contributed by atoms with E-state index in [1.165, 1.54) is 17.4 Å². The van der Waals surface area contributed by atoms with Gasteiger partial charge in [0.2, 0.25) is 5.91 Å². The number of likely N-dealkylation sites (N-methyl/N-ethyl adjacent to an activating group) is 1. The zero-order valence-electron chi connectivity index (χ0n) is 13.6. The van der Waals surface area contributed by atoms with Crippen LogP contribution in [0, 0.1) is 0 Å². The van der Waals surface area contributed by atoms with Gasteiger partial charge in [0.1, 0.15) is 5.76 Å². The van der Waals surface area contributed by atoms with Crippen LogP contribution in [0.15, 0.2) is 47.1 Å². The fraction of sp³-hybridized carbons (Fsp3) is 0.333. The van der Waals surface area contributed by atoms with Crippen molar-refractivity contribution in [1.29, 1.82) is 0 Å².